The first-order valence-corrected chi connectivity index (χ1v) is 11.7. The molecule has 8 rings (SSSR count). The van der Waals surface area contributed by atoms with Crippen LogP contribution in [0.1, 0.15) is 0 Å². The highest BCUT2D eigenvalue weighted by atomic mass is 16.3. The lowest BCUT2D eigenvalue weighted by Crippen LogP contribution is -1.87. The maximum atomic E-state index is 7.63. The Bertz CT molecular complexity index is 2170. The van der Waals surface area contributed by atoms with Gasteiger partial charge in [-0.1, -0.05) is 78.9 Å². The Morgan fingerprint density at radius 2 is 1.20 bits per heavy atom. The van der Waals surface area contributed by atoms with Crippen molar-refractivity contribution in [2.24, 2.45) is 0 Å². The molecule has 0 saturated carbocycles. The summed E-state index contributed by atoms with van der Waals surface area (Å²) in [7, 11) is 0. The Labute approximate surface area is 200 Å². The van der Waals surface area contributed by atoms with Gasteiger partial charge in [-0.05, 0) is 78.5 Å². The molecule has 0 spiro atoms. The van der Waals surface area contributed by atoms with Crippen molar-refractivity contribution in [1.82, 2.24) is 0 Å². The molecule has 0 amide bonds. The zero-order valence-corrected chi connectivity index (χ0v) is 18.7. The molecule has 0 N–H and O–H groups in total. The number of furan rings is 1. The van der Waals surface area contributed by atoms with Crippen LogP contribution in [0, 0.1) is 6.57 Å². The van der Waals surface area contributed by atoms with Gasteiger partial charge in [0, 0.05) is 10.8 Å². The lowest BCUT2D eigenvalue weighted by atomic mass is 9.89. The molecule has 0 aliphatic heterocycles. The average Bonchev–Trinajstić information content (AvgIpc) is 3.26. The number of fused-ring (bicyclic) bond motifs is 4. The standard InChI is InChI=1S/C33H17NO/c1-34-29-14-9-20-7-12-25-24(11-6-19-8-13-26(29)33(20)32(19)25)23-10-15-30-27(17-23)28-16-21-4-2-3-5-22(21)18-31(28)35-30/h2-18H. The summed E-state index contributed by atoms with van der Waals surface area (Å²) in [6, 6.07) is 36.3. The van der Waals surface area contributed by atoms with Gasteiger partial charge in [0.1, 0.15) is 11.2 Å². The van der Waals surface area contributed by atoms with Crippen LogP contribution in [0.4, 0.5) is 5.69 Å². The molecule has 2 nitrogen and oxygen atoms in total. The van der Waals surface area contributed by atoms with Gasteiger partial charge in [-0.25, -0.2) is 4.85 Å². The third kappa shape index (κ3) is 2.47. The zero-order valence-electron chi connectivity index (χ0n) is 18.7. The Morgan fingerprint density at radius 1 is 0.514 bits per heavy atom. The summed E-state index contributed by atoms with van der Waals surface area (Å²) in [5.41, 5.74) is 4.88. The summed E-state index contributed by atoms with van der Waals surface area (Å²) in [6.45, 7) is 7.63. The summed E-state index contributed by atoms with van der Waals surface area (Å²) in [5, 5.41) is 11.7. The number of benzene rings is 7. The van der Waals surface area contributed by atoms with Gasteiger partial charge in [0.05, 0.1) is 6.57 Å². The van der Waals surface area contributed by atoms with Crippen molar-refractivity contribution in [2.45, 2.75) is 0 Å². The van der Waals surface area contributed by atoms with E-state index >= 15 is 0 Å². The minimum atomic E-state index is 0.704. The molecule has 35 heavy (non-hydrogen) atoms. The molecule has 0 radical (unpaired) electrons. The fraction of sp³-hybridized carbons (Fsp3) is 0. The van der Waals surface area contributed by atoms with Crippen molar-refractivity contribution in [3.8, 4) is 11.1 Å². The molecule has 0 aliphatic rings. The van der Waals surface area contributed by atoms with Crippen LogP contribution in [0.2, 0.25) is 0 Å². The van der Waals surface area contributed by atoms with Crippen LogP contribution in [0.3, 0.4) is 0 Å². The Balaban J connectivity index is 1.44. The maximum absolute atomic E-state index is 7.63. The third-order valence-electron chi connectivity index (χ3n) is 7.41. The van der Waals surface area contributed by atoms with Gasteiger partial charge in [-0.3, -0.25) is 0 Å². The predicted molar refractivity (Wildman–Crippen MR) is 147 cm³/mol. The first-order valence-electron chi connectivity index (χ1n) is 11.7. The second kappa shape index (κ2) is 6.59. The fourth-order valence-corrected chi connectivity index (χ4v) is 5.76. The Kier molecular flexibility index (Phi) is 3.49. The quantitative estimate of drug-likeness (QED) is 0.182. The van der Waals surface area contributed by atoms with Gasteiger partial charge in [0.15, 0.2) is 5.69 Å². The summed E-state index contributed by atoms with van der Waals surface area (Å²) in [4.78, 5) is 3.78. The van der Waals surface area contributed by atoms with Crippen molar-refractivity contribution in [1.29, 1.82) is 0 Å². The molecule has 0 saturated heterocycles. The average molecular weight is 444 g/mol. The smallest absolute Gasteiger partial charge is 0.194 e. The van der Waals surface area contributed by atoms with Crippen molar-refractivity contribution in [3.05, 3.63) is 115 Å². The normalized spacial score (nSPS) is 12.0. The van der Waals surface area contributed by atoms with Gasteiger partial charge in [-0.15, -0.1) is 0 Å². The van der Waals surface area contributed by atoms with Crippen LogP contribution < -0.4 is 0 Å². The van der Waals surface area contributed by atoms with E-state index in [2.05, 4.69) is 102 Å². The van der Waals surface area contributed by atoms with Crippen molar-refractivity contribution >= 4 is 70.7 Å². The summed E-state index contributed by atoms with van der Waals surface area (Å²) >= 11 is 0. The second-order valence-electron chi connectivity index (χ2n) is 9.24. The van der Waals surface area contributed by atoms with E-state index in [-0.39, 0.29) is 0 Å². The summed E-state index contributed by atoms with van der Waals surface area (Å²) in [5.74, 6) is 0. The first-order chi connectivity index (χ1) is 17.3. The topological polar surface area (TPSA) is 17.5 Å². The molecule has 0 fully saturated rings. The maximum Gasteiger partial charge on any atom is 0.194 e. The molecule has 2 heteroatoms. The molecular formula is C33H17NO. The molecule has 0 bridgehead atoms. The molecular weight excluding hydrogens is 426 g/mol. The number of hydrogen-bond acceptors (Lipinski definition) is 1. The molecule has 0 unspecified atom stereocenters. The molecule has 0 atom stereocenters. The van der Waals surface area contributed by atoms with E-state index < -0.39 is 0 Å². The van der Waals surface area contributed by atoms with E-state index in [4.69, 9.17) is 11.0 Å². The van der Waals surface area contributed by atoms with Crippen LogP contribution in [0.15, 0.2) is 108 Å². The molecule has 1 heterocycles. The molecule has 8 aromatic rings. The van der Waals surface area contributed by atoms with Crippen LogP contribution in [0.5, 0.6) is 0 Å². The van der Waals surface area contributed by atoms with Gasteiger partial charge in [-0.2, -0.15) is 0 Å². The number of rotatable bonds is 1. The monoisotopic (exact) mass is 443 g/mol. The lowest BCUT2D eigenvalue weighted by Gasteiger charge is -2.15. The summed E-state index contributed by atoms with van der Waals surface area (Å²) in [6.07, 6.45) is 0. The van der Waals surface area contributed by atoms with Crippen LogP contribution in [-0.2, 0) is 0 Å². The lowest BCUT2D eigenvalue weighted by molar-refractivity contribution is 0.669. The van der Waals surface area contributed by atoms with E-state index in [0.29, 0.717) is 5.69 Å². The second-order valence-corrected chi connectivity index (χ2v) is 9.24. The largest absolute Gasteiger partial charge is 0.456 e. The van der Waals surface area contributed by atoms with Crippen LogP contribution in [0.25, 0.3) is 81.0 Å². The molecule has 1 aromatic heterocycles. The van der Waals surface area contributed by atoms with Gasteiger partial charge < -0.3 is 4.42 Å². The Morgan fingerprint density at radius 3 is 2.03 bits per heavy atom. The third-order valence-corrected chi connectivity index (χ3v) is 7.41. The minimum absolute atomic E-state index is 0.704. The zero-order chi connectivity index (χ0) is 23.1. The van der Waals surface area contributed by atoms with E-state index in [1.807, 2.05) is 6.07 Å². The predicted octanol–water partition coefficient (Wildman–Crippen LogP) is 9.85. The SMILES string of the molecule is [C-]#[N+]c1ccc2ccc3c(-c4ccc5oc6cc7ccccc7cc6c5c4)ccc4ccc1c2c43. The van der Waals surface area contributed by atoms with E-state index in [9.17, 15) is 0 Å². The Hall–Kier alpha value is -4.87. The number of nitrogens with zero attached hydrogens (tertiary/aromatic N) is 1. The molecule has 160 valence electrons. The van der Waals surface area contributed by atoms with Crippen molar-refractivity contribution < 1.29 is 4.42 Å². The van der Waals surface area contributed by atoms with Gasteiger partial charge in [0.25, 0.3) is 0 Å². The first kappa shape index (κ1) is 18.5. The highest BCUT2D eigenvalue weighted by Gasteiger charge is 2.15. The summed E-state index contributed by atoms with van der Waals surface area (Å²) < 4.78 is 6.23. The van der Waals surface area contributed by atoms with Crippen molar-refractivity contribution in [2.75, 3.05) is 0 Å². The van der Waals surface area contributed by atoms with Crippen molar-refractivity contribution in [3.63, 3.8) is 0 Å². The minimum Gasteiger partial charge on any atom is -0.456 e. The van der Waals surface area contributed by atoms with Crippen LogP contribution >= 0.6 is 0 Å². The van der Waals surface area contributed by atoms with E-state index in [1.165, 1.54) is 43.3 Å². The number of hydrogen-bond donors (Lipinski definition) is 0. The molecule has 0 aliphatic carbocycles. The van der Waals surface area contributed by atoms with Gasteiger partial charge >= 0.3 is 0 Å². The highest BCUT2D eigenvalue weighted by molar-refractivity contribution is 6.27. The van der Waals surface area contributed by atoms with E-state index in [0.717, 1.165) is 32.9 Å². The highest BCUT2D eigenvalue weighted by Crippen LogP contribution is 2.43. The fourth-order valence-electron chi connectivity index (χ4n) is 5.76. The van der Waals surface area contributed by atoms with Gasteiger partial charge in [0.2, 0.25) is 0 Å². The molecule has 7 aromatic carbocycles. The van der Waals surface area contributed by atoms with E-state index in [1.54, 1.807) is 0 Å². The van der Waals surface area contributed by atoms with Crippen LogP contribution in [-0.4, -0.2) is 0 Å².